The van der Waals surface area contributed by atoms with Crippen molar-refractivity contribution in [2.75, 3.05) is 13.6 Å². The summed E-state index contributed by atoms with van der Waals surface area (Å²) in [5, 5.41) is 7.89. The highest BCUT2D eigenvalue weighted by Gasteiger charge is 2.30. The topological polar surface area (TPSA) is 90.1 Å². The number of H-pyrrole nitrogens is 1. The molecule has 8 heteroatoms. The fraction of sp³-hybridized carbons (Fsp3) is 0.458. The first-order valence-corrected chi connectivity index (χ1v) is 12.2. The van der Waals surface area contributed by atoms with Gasteiger partial charge in [0.2, 0.25) is 0 Å². The van der Waals surface area contributed by atoms with E-state index in [4.69, 9.17) is 0 Å². The van der Waals surface area contributed by atoms with Gasteiger partial charge >= 0.3 is 0 Å². The largest absolute Gasteiger partial charge is 0.351 e. The number of carbonyl (C=O) groups is 2. The summed E-state index contributed by atoms with van der Waals surface area (Å²) in [5.74, 6) is -0.253. The van der Waals surface area contributed by atoms with Gasteiger partial charge in [0.25, 0.3) is 11.8 Å². The van der Waals surface area contributed by atoms with Gasteiger partial charge in [-0.1, -0.05) is 24.5 Å². The monoisotopic (exact) mass is 451 g/mol. The van der Waals surface area contributed by atoms with E-state index in [2.05, 4.69) is 38.6 Å². The molecule has 1 aliphatic carbocycles. The lowest BCUT2D eigenvalue weighted by Gasteiger charge is -2.32. The molecule has 3 N–H and O–H groups in total. The van der Waals surface area contributed by atoms with Crippen molar-refractivity contribution < 1.29 is 9.59 Å². The molecule has 0 bridgehead atoms. The van der Waals surface area contributed by atoms with E-state index in [1.165, 1.54) is 16.2 Å². The van der Waals surface area contributed by atoms with E-state index < -0.39 is 0 Å². The zero-order valence-electron chi connectivity index (χ0n) is 18.5. The molecule has 2 aliphatic rings. The van der Waals surface area contributed by atoms with Gasteiger partial charge in [-0.05, 0) is 45.0 Å². The van der Waals surface area contributed by atoms with Gasteiger partial charge in [-0.15, -0.1) is 11.3 Å². The number of benzene rings is 1. The number of fused-ring (bicyclic) bond motifs is 2. The van der Waals surface area contributed by atoms with Crippen LogP contribution in [-0.4, -0.2) is 52.4 Å². The van der Waals surface area contributed by atoms with Crippen LogP contribution in [0.1, 0.15) is 62.1 Å². The Morgan fingerprint density at radius 3 is 2.66 bits per heavy atom. The van der Waals surface area contributed by atoms with Crippen LogP contribution in [0.5, 0.6) is 0 Å². The van der Waals surface area contributed by atoms with Gasteiger partial charge in [0.15, 0.2) is 5.01 Å². The summed E-state index contributed by atoms with van der Waals surface area (Å²) in [7, 11) is 2.09. The molecule has 3 aromatic rings. The molecule has 0 spiro atoms. The molecular formula is C24H29N5O2S. The third kappa shape index (κ3) is 4.29. The molecule has 168 valence electrons. The molecule has 1 fully saturated rings. The highest BCUT2D eigenvalue weighted by atomic mass is 32.1. The van der Waals surface area contributed by atoms with Crippen LogP contribution in [-0.2, 0) is 13.0 Å². The summed E-state index contributed by atoms with van der Waals surface area (Å²) in [5.41, 5.74) is 3.72. The number of carbonyl (C=O) groups excluding carboxylic acids is 2. The SMILES string of the molecule is Cc1ccc2[nH]c(C(=O)N[C@H]3CCCC[C@H]3NC(=O)c3nc4c(s3)CN(C)CC4)cc2c1. The second kappa shape index (κ2) is 8.67. The van der Waals surface area contributed by atoms with Crippen LogP contribution < -0.4 is 10.6 Å². The highest BCUT2D eigenvalue weighted by molar-refractivity contribution is 7.13. The van der Waals surface area contributed by atoms with E-state index in [0.717, 1.165) is 67.4 Å². The minimum absolute atomic E-state index is 0.0876. The van der Waals surface area contributed by atoms with Crippen LogP contribution in [0.3, 0.4) is 0 Å². The van der Waals surface area contributed by atoms with Crippen LogP contribution >= 0.6 is 11.3 Å². The van der Waals surface area contributed by atoms with Crippen LogP contribution in [0, 0.1) is 6.92 Å². The zero-order chi connectivity index (χ0) is 22.2. The van der Waals surface area contributed by atoms with Gasteiger partial charge in [-0.3, -0.25) is 9.59 Å². The van der Waals surface area contributed by atoms with Gasteiger partial charge < -0.3 is 20.5 Å². The molecule has 0 radical (unpaired) electrons. The Balaban J connectivity index is 1.27. The molecule has 1 aromatic carbocycles. The van der Waals surface area contributed by atoms with Gasteiger partial charge in [-0.2, -0.15) is 0 Å². The molecule has 1 saturated carbocycles. The summed E-state index contributed by atoms with van der Waals surface area (Å²) in [6.07, 6.45) is 4.69. The normalized spacial score (nSPS) is 21.3. The molecule has 1 aliphatic heterocycles. The third-order valence-corrected chi connectivity index (χ3v) is 7.62. The fourth-order valence-electron chi connectivity index (χ4n) is 4.75. The Bertz CT molecular complexity index is 1170. The molecule has 5 rings (SSSR count). The van der Waals surface area contributed by atoms with Crippen LogP contribution in [0.4, 0.5) is 0 Å². The van der Waals surface area contributed by atoms with Gasteiger partial charge in [0, 0.05) is 47.4 Å². The lowest BCUT2D eigenvalue weighted by molar-refractivity contribution is 0.0860. The van der Waals surface area contributed by atoms with E-state index in [-0.39, 0.29) is 23.9 Å². The predicted molar refractivity (Wildman–Crippen MR) is 126 cm³/mol. The first-order valence-electron chi connectivity index (χ1n) is 11.3. The number of aromatic amines is 1. The Morgan fingerprint density at radius 1 is 1.12 bits per heavy atom. The van der Waals surface area contributed by atoms with Gasteiger partial charge in [-0.25, -0.2) is 4.98 Å². The number of thiazole rings is 1. The molecular weight excluding hydrogens is 422 g/mol. The van der Waals surface area contributed by atoms with Crippen molar-refractivity contribution in [2.24, 2.45) is 0 Å². The molecule has 7 nitrogen and oxygen atoms in total. The number of aryl methyl sites for hydroxylation is 1. The highest BCUT2D eigenvalue weighted by Crippen LogP contribution is 2.26. The molecule has 2 atom stereocenters. The summed E-state index contributed by atoms with van der Waals surface area (Å²) in [6.45, 7) is 3.87. The minimum Gasteiger partial charge on any atom is -0.351 e. The Morgan fingerprint density at radius 2 is 1.88 bits per heavy atom. The van der Waals surface area contributed by atoms with Crippen LogP contribution in [0.2, 0.25) is 0 Å². The summed E-state index contributed by atoms with van der Waals surface area (Å²) in [4.78, 5) is 37.2. The molecule has 2 amide bonds. The minimum atomic E-state index is -0.127. The number of rotatable bonds is 4. The maximum Gasteiger partial charge on any atom is 0.280 e. The number of hydrogen-bond donors (Lipinski definition) is 3. The van der Waals surface area contributed by atoms with Crippen molar-refractivity contribution in [2.45, 2.75) is 57.7 Å². The first kappa shape index (κ1) is 21.2. The number of aromatic nitrogens is 2. The fourth-order valence-corrected chi connectivity index (χ4v) is 5.84. The second-order valence-electron chi connectivity index (χ2n) is 9.09. The molecule has 3 heterocycles. The molecule has 32 heavy (non-hydrogen) atoms. The smallest absolute Gasteiger partial charge is 0.280 e. The standard InChI is InChI=1S/C24H29N5O2S/c1-14-7-8-16-15(11-14)12-20(25-16)22(30)26-17-5-3-4-6-18(17)27-23(31)24-28-19-9-10-29(2)13-21(19)32-24/h7-8,11-12,17-18,25H,3-6,9-10,13H2,1-2H3,(H,26,30)(H,27,31)/t17-,18+/m0/s1. The van der Waals surface area contributed by atoms with E-state index in [0.29, 0.717) is 10.7 Å². The number of amides is 2. The summed E-state index contributed by atoms with van der Waals surface area (Å²) < 4.78 is 0. The van der Waals surface area contributed by atoms with Gasteiger partial charge in [0.1, 0.15) is 5.69 Å². The first-order chi connectivity index (χ1) is 15.5. The second-order valence-corrected chi connectivity index (χ2v) is 10.2. The quantitative estimate of drug-likeness (QED) is 0.567. The molecule has 2 aromatic heterocycles. The summed E-state index contributed by atoms with van der Waals surface area (Å²) in [6, 6.07) is 7.81. The maximum absolute atomic E-state index is 13.0. The summed E-state index contributed by atoms with van der Waals surface area (Å²) >= 11 is 1.49. The van der Waals surface area contributed by atoms with Crippen molar-refractivity contribution in [1.82, 2.24) is 25.5 Å². The van der Waals surface area contributed by atoms with Crippen LogP contribution in [0.15, 0.2) is 24.3 Å². The van der Waals surface area contributed by atoms with Crippen molar-refractivity contribution in [3.8, 4) is 0 Å². The lowest BCUT2D eigenvalue weighted by Crippen LogP contribution is -2.53. The van der Waals surface area contributed by atoms with E-state index >= 15 is 0 Å². The van der Waals surface area contributed by atoms with Crippen molar-refractivity contribution >= 4 is 34.1 Å². The van der Waals surface area contributed by atoms with E-state index in [1.807, 2.05) is 25.1 Å². The van der Waals surface area contributed by atoms with Crippen molar-refractivity contribution in [3.63, 3.8) is 0 Å². The van der Waals surface area contributed by atoms with E-state index in [9.17, 15) is 9.59 Å². The van der Waals surface area contributed by atoms with Crippen molar-refractivity contribution in [1.29, 1.82) is 0 Å². The van der Waals surface area contributed by atoms with E-state index in [1.54, 1.807) is 0 Å². The number of nitrogens with one attached hydrogen (secondary N) is 3. The average Bonchev–Trinajstić information content (AvgIpc) is 3.38. The Kier molecular flexibility index (Phi) is 5.73. The third-order valence-electron chi connectivity index (χ3n) is 6.54. The van der Waals surface area contributed by atoms with Crippen molar-refractivity contribution in [3.05, 3.63) is 51.1 Å². The Hall–Kier alpha value is -2.71. The Labute approximate surface area is 191 Å². The predicted octanol–water partition coefficient (Wildman–Crippen LogP) is 3.39. The molecule has 0 unspecified atom stereocenters. The maximum atomic E-state index is 13.0. The number of nitrogens with zero attached hydrogens (tertiary/aromatic N) is 2. The van der Waals surface area contributed by atoms with Gasteiger partial charge in [0.05, 0.1) is 5.69 Å². The lowest BCUT2D eigenvalue weighted by atomic mass is 9.90. The number of likely N-dealkylation sites (N-methyl/N-ethyl adjacent to an activating group) is 1. The molecule has 0 saturated heterocycles. The van der Waals surface area contributed by atoms with Crippen LogP contribution in [0.25, 0.3) is 10.9 Å². The average molecular weight is 452 g/mol. The zero-order valence-corrected chi connectivity index (χ0v) is 19.3. The number of hydrogen-bond acceptors (Lipinski definition) is 5.